The summed E-state index contributed by atoms with van der Waals surface area (Å²) >= 11 is 0. The molecule has 3 heterocycles. The van der Waals surface area contributed by atoms with Gasteiger partial charge in [-0.1, -0.05) is 97.1 Å². The van der Waals surface area contributed by atoms with Crippen LogP contribution in [0.3, 0.4) is 0 Å². The highest BCUT2D eigenvalue weighted by molar-refractivity contribution is 6.15. The van der Waals surface area contributed by atoms with Crippen molar-refractivity contribution in [2.45, 2.75) is 20.0 Å². The maximum Gasteiger partial charge on any atom is 0.161 e. The maximum atomic E-state index is 6.46. The predicted molar refractivity (Wildman–Crippen MR) is 191 cm³/mol. The van der Waals surface area contributed by atoms with E-state index in [9.17, 15) is 0 Å². The molecular formula is C41H32N4O. The van der Waals surface area contributed by atoms with Crippen LogP contribution in [0.15, 0.2) is 150 Å². The van der Waals surface area contributed by atoms with E-state index >= 15 is 0 Å². The molecule has 5 heteroatoms. The van der Waals surface area contributed by atoms with Crippen LogP contribution in [0.5, 0.6) is 0 Å². The molecule has 1 unspecified atom stereocenters. The lowest BCUT2D eigenvalue weighted by molar-refractivity contribution is 0.671. The summed E-state index contributed by atoms with van der Waals surface area (Å²) in [5.41, 5.74) is 9.79. The maximum absolute atomic E-state index is 6.46. The van der Waals surface area contributed by atoms with Crippen molar-refractivity contribution in [2.24, 2.45) is 0 Å². The summed E-state index contributed by atoms with van der Waals surface area (Å²) < 4.78 is 6.46. The van der Waals surface area contributed by atoms with Gasteiger partial charge >= 0.3 is 0 Å². The second kappa shape index (κ2) is 11.5. The highest BCUT2D eigenvalue weighted by Gasteiger charge is 2.31. The molecule has 1 aliphatic rings. The molecule has 8 rings (SSSR count). The molecule has 1 atom stereocenters. The lowest BCUT2D eigenvalue weighted by atomic mass is 10.0. The number of aromatic nitrogens is 2. The number of hydrogen-bond donors (Lipinski definition) is 1. The molecule has 2 aromatic heterocycles. The van der Waals surface area contributed by atoms with Gasteiger partial charge in [0.2, 0.25) is 0 Å². The molecule has 0 saturated carbocycles. The summed E-state index contributed by atoms with van der Waals surface area (Å²) in [5.74, 6) is 0.657. The van der Waals surface area contributed by atoms with Crippen molar-refractivity contribution in [2.75, 3.05) is 10.2 Å². The van der Waals surface area contributed by atoms with Crippen molar-refractivity contribution >= 4 is 55.5 Å². The monoisotopic (exact) mass is 596 g/mol. The lowest BCUT2D eigenvalue weighted by Crippen LogP contribution is -2.23. The zero-order valence-electron chi connectivity index (χ0n) is 25.7. The second-order valence-electron chi connectivity index (χ2n) is 11.5. The number of nitrogens with one attached hydrogen (secondary N) is 1. The first-order chi connectivity index (χ1) is 22.7. The van der Waals surface area contributed by atoms with Gasteiger partial charge in [0.05, 0.1) is 17.1 Å². The minimum Gasteiger partial charge on any atom is -0.454 e. The molecule has 0 radical (unpaired) electrons. The average molecular weight is 597 g/mol. The molecule has 7 aromatic rings. The fraction of sp³-hybridized carbons (Fsp3) is 0.0732. The van der Waals surface area contributed by atoms with Crippen LogP contribution in [0.2, 0.25) is 0 Å². The number of nitrogens with zero attached hydrogens (tertiary/aromatic N) is 3. The third-order valence-corrected chi connectivity index (χ3v) is 8.55. The highest BCUT2D eigenvalue weighted by atomic mass is 16.3. The number of para-hydroxylation sites is 4. The number of anilines is 3. The zero-order chi connectivity index (χ0) is 31.0. The molecule has 46 heavy (non-hydrogen) atoms. The Kier molecular flexibility index (Phi) is 6.92. The van der Waals surface area contributed by atoms with Crippen LogP contribution in [-0.2, 0) is 0 Å². The van der Waals surface area contributed by atoms with Crippen LogP contribution < -0.4 is 10.2 Å². The van der Waals surface area contributed by atoms with Gasteiger partial charge in [0, 0.05) is 27.4 Å². The van der Waals surface area contributed by atoms with Crippen molar-refractivity contribution in [3.05, 3.63) is 157 Å². The Hall–Kier alpha value is -5.94. The van der Waals surface area contributed by atoms with Gasteiger partial charge in [-0.15, -0.1) is 0 Å². The molecule has 222 valence electrons. The van der Waals surface area contributed by atoms with E-state index < -0.39 is 0 Å². The van der Waals surface area contributed by atoms with Crippen molar-refractivity contribution in [1.82, 2.24) is 9.97 Å². The summed E-state index contributed by atoms with van der Waals surface area (Å²) in [4.78, 5) is 12.8. The molecule has 5 nitrogen and oxygen atoms in total. The van der Waals surface area contributed by atoms with Gasteiger partial charge in [0.1, 0.15) is 17.3 Å². The lowest BCUT2D eigenvalue weighted by Gasteiger charge is -2.27. The predicted octanol–water partition coefficient (Wildman–Crippen LogP) is 11.0. The molecule has 0 saturated heterocycles. The Morgan fingerprint density at radius 2 is 1.57 bits per heavy atom. The number of rotatable bonds is 6. The normalized spacial score (nSPS) is 15.0. The van der Waals surface area contributed by atoms with E-state index in [1.807, 2.05) is 49.4 Å². The Morgan fingerprint density at radius 3 is 2.46 bits per heavy atom. The standard InChI is InChI=1S/C41H32N4O/c1-3-4-5-7-15-27(2)37-33-25-24-32-31-20-10-13-23-36(31)46-39(32)38(33)44-40(43-37)28-16-14-17-29(26-28)41-42-34-21-11-12-22-35(34)45(41)30-18-8-6-9-19-30/h3-26,41-42H,1-2H3/b4-3-,7-5-,27-15+. The van der Waals surface area contributed by atoms with E-state index in [0.29, 0.717) is 5.82 Å². The molecule has 0 amide bonds. The third-order valence-electron chi connectivity index (χ3n) is 8.55. The van der Waals surface area contributed by atoms with Crippen LogP contribution in [0.4, 0.5) is 17.1 Å². The number of fused-ring (bicyclic) bond motifs is 6. The second-order valence-corrected chi connectivity index (χ2v) is 11.5. The third kappa shape index (κ3) is 4.74. The molecular weight excluding hydrogens is 564 g/mol. The van der Waals surface area contributed by atoms with Gasteiger partial charge in [-0.05, 0) is 73.5 Å². The SMILES string of the molecule is C\C=C/C=C\C=C(/C)c1nc(-c2cccc(C3Nc4ccccc4N3c3ccccc3)c2)nc2c1ccc1c3ccccc3oc12. The van der Waals surface area contributed by atoms with Gasteiger partial charge in [0.25, 0.3) is 0 Å². The van der Waals surface area contributed by atoms with Crippen LogP contribution in [0, 0.1) is 0 Å². The molecule has 0 spiro atoms. The van der Waals surface area contributed by atoms with Crippen molar-refractivity contribution < 1.29 is 4.42 Å². The highest BCUT2D eigenvalue weighted by Crippen LogP contribution is 2.46. The Labute approximate surface area is 267 Å². The molecule has 5 aromatic carbocycles. The van der Waals surface area contributed by atoms with E-state index in [-0.39, 0.29) is 6.17 Å². The quantitative estimate of drug-likeness (QED) is 0.194. The number of furan rings is 1. The smallest absolute Gasteiger partial charge is 0.161 e. The first-order valence-electron chi connectivity index (χ1n) is 15.6. The van der Waals surface area contributed by atoms with Gasteiger partial charge in [0.15, 0.2) is 11.4 Å². The summed E-state index contributed by atoms with van der Waals surface area (Å²) in [7, 11) is 0. The van der Waals surface area contributed by atoms with Crippen LogP contribution in [0.1, 0.15) is 31.3 Å². The first kappa shape index (κ1) is 27.6. The first-order valence-corrected chi connectivity index (χ1v) is 15.6. The number of hydrogen-bond acceptors (Lipinski definition) is 5. The fourth-order valence-corrected chi connectivity index (χ4v) is 6.37. The summed E-state index contributed by atoms with van der Waals surface area (Å²) in [6, 6.07) is 39.9. The Morgan fingerprint density at radius 1 is 0.761 bits per heavy atom. The Balaban J connectivity index is 1.30. The fourth-order valence-electron chi connectivity index (χ4n) is 6.37. The topological polar surface area (TPSA) is 54.2 Å². The van der Waals surface area contributed by atoms with E-state index in [4.69, 9.17) is 14.4 Å². The zero-order valence-corrected chi connectivity index (χ0v) is 25.7. The van der Waals surface area contributed by atoms with E-state index in [2.05, 4.69) is 120 Å². The number of allylic oxidation sites excluding steroid dienone is 6. The van der Waals surface area contributed by atoms with Crippen molar-refractivity contribution in [3.8, 4) is 11.4 Å². The van der Waals surface area contributed by atoms with Crippen LogP contribution in [-0.4, -0.2) is 9.97 Å². The molecule has 1 aliphatic heterocycles. The van der Waals surface area contributed by atoms with Gasteiger partial charge < -0.3 is 14.6 Å². The van der Waals surface area contributed by atoms with E-state index in [1.165, 1.54) is 0 Å². The molecule has 0 aliphatic carbocycles. The van der Waals surface area contributed by atoms with Crippen molar-refractivity contribution in [3.63, 3.8) is 0 Å². The van der Waals surface area contributed by atoms with Crippen LogP contribution >= 0.6 is 0 Å². The van der Waals surface area contributed by atoms with Gasteiger partial charge in [-0.2, -0.15) is 0 Å². The van der Waals surface area contributed by atoms with E-state index in [0.717, 1.165) is 72.3 Å². The molecule has 0 bridgehead atoms. The number of benzene rings is 5. The largest absolute Gasteiger partial charge is 0.454 e. The summed E-state index contributed by atoms with van der Waals surface area (Å²) in [5, 5.41) is 6.85. The molecule has 0 fully saturated rings. The van der Waals surface area contributed by atoms with E-state index in [1.54, 1.807) is 0 Å². The minimum absolute atomic E-state index is 0.0971. The summed E-state index contributed by atoms with van der Waals surface area (Å²) in [6.07, 6.45) is 10.1. The van der Waals surface area contributed by atoms with Crippen LogP contribution in [0.25, 0.3) is 49.8 Å². The van der Waals surface area contributed by atoms with Gasteiger partial charge in [-0.25, -0.2) is 9.97 Å². The van der Waals surface area contributed by atoms with Crippen molar-refractivity contribution in [1.29, 1.82) is 0 Å². The Bertz CT molecular complexity index is 2330. The molecule has 1 N–H and O–H groups in total. The minimum atomic E-state index is -0.0971. The average Bonchev–Trinajstić information content (AvgIpc) is 3.69. The summed E-state index contributed by atoms with van der Waals surface area (Å²) in [6.45, 7) is 4.11. The van der Waals surface area contributed by atoms with Gasteiger partial charge in [-0.3, -0.25) is 0 Å².